The van der Waals surface area contributed by atoms with Gasteiger partial charge in [0, 0.05) is 34.7 Å². The summed E-state index contributed by atoms with van der Waals surface area (Å²) in [4.78, 5) is 38.6. The number of benzene rings is 1. The topological polar surface area (TPSA) is 81.3 Å². The van der Waals surface area contributed by atoms with Gasteiger partial charge in [-0.15, -0.1) is 0 Å². The van der Waals surface area contributed by atoms with Crippen LogP contribution in [0.1, 0.15) is 33.9 Å². The van der Waals surface area contributed by atoms with E-state index in [2.05, 4.69) is 27.2 Å². The molecule has 2 amide bonds. The van der Waals surface area contributed by atoms with Gasteiger partial charge in [-0.05, 0) is 45.1 Å². The highest BCUT2D eigenvalue weighted by molar-refractivity contribution is 7.15. The van der Waals surface area contributed by atoms with Crippen molar-refractivity contribution in [2.45, 2.75) is 25.8 Å². The molecular formula is C22H25N5O2S. The molecule has 1 fully saturated rings. The normalized spacial score (nSPS) is 17.8. The van der Waals surface area contributed by atoms with Crippen LogP contribution in [0.5, 0.6) is 0 Å². The molecule has 0 unspecified atom stereocenters. The van der Waals surface area contributed by atoms with Crippen LogP contribution in [0, 0.1) is 5.92 Å². The van der Waals surface area contributed by atoms with E-state index in [0.717, 1.165) is 47.4 Å². The maximum Gasteiger partial charge on any atom is 0.270 e. The van der Waals surface area contributed by atoms with Crippen LogP contribution in [0.15, 0.2) is 30.3 Å². The number of likely N-dealkylation sites (tertiary alicyclic amines) is 1. The number of H-pyrrole nitrogens is 1. The van der Waals surface area contributed by atoms with Gasteiger partial charge in [-0.1, -0.05) is 29.5 Å². The molecule has 0 atom stereocenters. The van der Waals surface area contributed by atoms with Gasteiger partial charge in [0.25, 0.3) is 5.91 Å². The Hall–Kier alpha value is -2.71. The number of thiazole rings is 1. The molecule has 2 aliphatic rings. The van der Waals surface area contributed by atoms with Crippen LogP contribution in [0.4, 0.5) is 5.13 Å². The van der Waals surface area contributed by atoms with Crippen LogP contribution in [-0.2, 0) is 17.8 Å². The first-order chi connectivity index (χ1) is 14.6. The minimum absolute atomic E-state index is 0.00200. The summed E-state index contributed by atoms with van der Waals surface area (Å²) in [5.74, 6) is 0.129. The number of hydrogen-bond acceptors (Lipinski definition) is 5. The van der Waals surface area contributed by atoms with E-state index in [1.54, 1.807) is 0 Å². The number of carbonyl (C=O) groups excluding carboxylic acids is 2. The number of carbonyl (C=O) groups is 2. The summed E-state index contributed by atoms with van der Waals surface area (Å²) in [7, 11) is 2.09. The van der Waals surface area contributed by atoms with Gasteiger partial charge in [0.1, 0.15) is 5.69 Å². The second-order valence-electron chi connectivity index (χ2n) is 8.20. The van der Waals surface area contributed by atoms with Crippen molar-refractivity contribution < 1.29 is 9.59 Å². The molecule has 8 heteroatoms. The highest BCUT2D eigenvalue weighted by Gasteiger charge is 2.28. The van der Waals surface area contributed by atoms with E-state index in [1.165, 1.54) is 11.3 Å². The summed E-state index contributed by atoms with van der Waals surface area (Å²) in [5, 5.41) is 4.71. The van der Waals surface area contributed by atoms with Crippen molar-refractivity contribution in [2.24, 2.45) is 5.92 Å². The zero-order valence-corrected chi connectivity index (χ0v) is 17.8. The van der Waals surface area contributed by atoms with Crippen LogP contribution in [0.2, 0.25) is 0 Å². The minimum Gasteiger partial charge on any atom is -0.351 e. The van der Waals surface area contributed by atoms with Crippen LogP contribution >= 0.6 is 11.3 Å². The smallest absolute Gasteiger partial charge is 0.270 e. The molecule has 2 aliphatic heterocycles. The van der Waals surface area contributed by atoms with Crippen LogP contribution < -0.4 is 5.32 Å². The number of nitrogens with one attached hydrogen (secondary N) is 2. The molecule has 30 heavy (non-hydrogen) atoms. The fourth-order valence-corrected chi connectivity index (χ4v) is 5.29. The average molecular weight is 424 g/mol. The fraction of sp³-hybridized carbons (Fsp3) is 0.409. The first-order valence-electron chi connectivity index (χ1n) is 10.4. The molecule has 3 aromatic rings. The highest BCUT2D eigenvalue weighted by Crippen LogP contribution is 2.30. The molecule has 1 saturated heterocycles. The summed E-state index contributed by atoms with van der Waals surface area (Å²) >= 11 is 1.49. The molecule has 2 N–H and O–H groups in total. The monoisotopic (exact) mass is 423 g/mol. The third-order valence-corrected chi connectivity index (χ3v) is 7.10. The summed E-state index contributed by atoms with van der Waals surface area (Å²) in [6.45, 7) is 3.08. The lowest BCUT2D eigenvalue weighted by Crippen LogP contribution is -2.36. The van der Waals surface area contributed by atoms with Crippen molar-refractivity contribution >= 4 is 39.2 Å². The molecule has 5 rings (SSSR count). The molecule has 0 aliphatic carbocycles. The summed E-state index contributed by atoms with van der Waals surface area (Å²) in [5.41, 5.74) is 2.58. The maximum atomic E-state index is 13.0. The Morgan fingerprint density at radius 3 is 2.80 bits per heavy atom. The van der Waals surface area contributed by atoms with Crippen LogP contribution in [0.25, 0.3) is 10.9 Å². The molecule has 156 valence electrons. The van der Waals surface area contributed by atoms with E-state index in [4.69, 9.17) is 0 Å². The van der Waals surface area contributed by atoms with Gasteiger partial charge < -0.3 is 20.1 Å². The largest absolute Gasteiger partial charge is 0.351 e. The van der Waals surface area contributed by atoms with E-state index >= 15 is 0 Å². The Labute approximate surface area is 179 Å². The molecular weight excluding hydrogens is 398 g/mol. The van der Waals surface area contributed by atoms with Crippen molar-refractivity contribution in [3.05, 3.63) is 46.6 Å². The van der Waals surface area contributed by atoms with Crippen molar-refractivity contribution in [3.8, 4) is 0 Å². The second-order valence-corrected chi connectivity index (χ2v) is 9.29. The predicted octanol–water partition coefficient (Wildman–Crippen LogP) is 3.10. The van der Waals surface area contributed by atoms with Crippen LogP contribution in [-0.4, -0.2) is 58.3 Å². The van der Waals surface area contributed by atoms with E-state index in [-0.39, 0.29) is 17.7 Å². The Balaban J connectivity index is 1.26. The van der Waals surface area contributed by atoms with Gasteiger partial charge in [-0.3, -0.25) is 9.59 Å². The predicted molar refractivity (Wildman–Crippen MR) is 118 cm³/mol. The van der Waals surface area contributed by atoms with Gasteiger partial charge in [0.05, 0.1) is 12.2 Å². The number of amides is 2. The Morgan fingerprint density at radius 1 is 1.20 bits per heavy atom. The lowest BCUT2D eigenvalue weighted by molar-refractivity contribution is -0.121. The molecule has 0 radical (unpaired) electrons. The van der Waals surface area contributed by atoms with E-state index in [1.807, 2.05) is 35.2 Å². The van der Waals surface area contributed by atoms with Crippen molar-refractivity contribution in [3.63, 3.8) is 0 Å². The number of aromatic amines is 1. The minimum atomic E-state index is 0.00200. The zero-order valence-electron chi connectivity index (χ0n) is 17.0. The maximum absolute atomic E-state index is 13.0. The Bertz CT molecular complexity index is 1060. The number of para-hydroxylation sites is 1. The van der Waals surface area contributed by atoms with Gasteiger partial charge in [0.15, 0.2) is 5.13 Å². The second kappa shape index (κ2) is 7.85. The van der Waals surface area contributed by atoms with E-state index in [0.29, 0.717) is 30.3 Å². The number of rotatable bonds is 3. The Kier molecular flexibility index (Phi) is 5.04. The number of aromatic nitrogens is 2. The number of piperidine rings is 1. The first-order valence-corrected chi connectivity index (χ1v) is 11.2. The number of nitrogens with zero attached hydrogens (tertiary/aromatic N) is 3. The Morgan fingerprint density at radius 2 is 2.00 bits per heavy atom. The highest BCUT2D eigenvalue weighted by atomic mass is 32.1. The molecule has 4 heterocycles. The fourth-order valence-electron chi connectivity index (χ4n) is 4.26. The molecule has 2 aromatic heterocycles. The van der Waals surface area contributed by atoms with E-state index < -0.39 is 0 Å². The SMILES string of the molecule is CN1CCC(C(=O)Nc2nc3c(s2)CN(C(=O)c2cc4ccccc4[nH]2)CC3)CC1. The van der Waals surface area contributed by atoms with Crippen molar-refractivity contribution in [1.82, 2.24) is 19.8 Å². The van der Waals surface area contributed by atoms with Crippen molar-refractivity contribution in [1.29, 1.82) is 0 Å². The van der Waals surface area contributed by atoms with Gasteiger partial charge in [-0.2, -0.15) is 0 Å². The van der Waals surface area contributed by atoms with E-state index in [9.17, 15) is 9.59 Å². The third kappa shape index (κ3) is 3.73. The lowest BCUT2D eigenvalue weighted by atomic mass is 9.96. The average Bonchev–Trinajstić information content (AvgIpc) is 3.36. The summed E-state index contributed by atoms with van der Waals surface area (Å²) < 4.78 is 0. The van der Waals surface area contributed by atoms with Crippen molar-refractivity contribution in [2.75, 3.05) is 32.0 Å². The van der Waals surface area contributed by atoms with Gasteiger partial charge in [-0.25, -0.2) is 4.98 Å². The third-order valence-electron chi connectivity index (χ3n) is 6.10. The van der Waals surface area contributed by atoms with Crippen LogP contribution in [0.3, 0.4) is 0 Å². The molecule has 1 aromatic carbocycles. The molecule has 0 spiro atoms. The number of hydrogen-bond donors (Lipinski definition) is 2. The van der Waals surface area contributed by atoms with Gasteiger partial charge >= 0.3 is 0 Å². The van der Waals surface area contributed by atoms with Gasteiger partial charge in [0.2, 0.25) is 5.91 Å². The molecule has 7 nitrogen and oxygen atoms in total. The molecule has 0 saturated carbocycles. The lowest BCUT2D eigenvalue weighted by Gasteiger charge is -2.27. The molecule has 0 bridgehead atoms. The first kappa shape index (κ1) is 19.3. The standard InChI is InChI=1S/C22H25N5O2S/c1-26-9-6-14(7-10-26)20(28)25-22-24-17-8-11-27(13-19(17)30-22)21(29)18-12-15-4-2-3-5-16(15)23-18/h2-5,12,14,23H,6-11,13H2,1H3,(H,24,25,28). The summed E-state index contributed by atoms with van der Waals surface area (Å²) in [6, 6.07) is 9.81. The summed E-state index contributed by atoms with van der Waals surface area (Å²) in [6.07, 6.45) is 2.49. The zero-order chi connectivity index (χ0) is 20.7. The number of anilines is 1. The quantitative estimate of drug-likeness (QED) is 0.678. The number of fused-ring (bicyclic) bond motifs is 2.